The second kappa shape index (κ2) is 8.88. The van der Waals surface area contributed by atoms with E-state index in [1.54, 1.807) is 12.1 Å². The minimum atomic E-state index is -3.62. The van der Waals surface area contributed by atoms with Crippen molar-refractivity contribution in [3.05, 3.63) is 64.2 Å². The Morgan fingerprint density at radius 1 is 0.933 bits per heavy atom. The Morgan fingerprint density at radius 3 is 2.20 bits per heavy atom. The lowest BCUT2D eigenvalue weighted by Gasteiger charge is -2.31. The number of hydrogen-bond acceptors (Lipinski definition) is 4. The number of likely N-dealkylation sites (N-methyl/N-ethyl adjacent to an activating group) is 1. The number of benzene rings is 2. The van der Waals surface area contributed by atoms with Crippen LogP contribution in [0.4, 0.5) is 0 Å². The maximum atomic E-state index is 13.1. The lowest BCUT2D eigenvalue weighted by atomic mass is 10.0. The molecular weight excluding hydrogens is 398 g/mol. The summed E-state index contributed by atoms with van der Waals surface area (Å²) in [5.41, 5.74) is 4.53. The summed E-state index contributed by atoms with van der Waals surface area (Å²) in [5, 5.41) is 3.01. The van der Waals surface area contributed by atoms with Crippen molar-refractivity contribution >= 4 is 15.9 Å². The van der Waals surface area contributed by atoms with Crippen LogP contribution < -0.4 is 5.32 Å². The van der Waals surface area contributed by atoms with E-state index < -0.39 is 10.0 Å². The molecule has 1 atom stereocenters. The zero-order valence-electron chi connectivity index (χ0n) is 18.4. The van der Waals surface area contributed by atoms with Gasteiger partial charge in [0.25, 0.3) is 5.91 Å². The Hall–Kier alpha value is -2.22. The second-order valence-corrected chi connectivity index (χ2v) is 10.2. The van der Waals surface area contributed by atoms with Crippen LogP contribution in [0.3, 0.4) is 0 Å². The van der Waals surface area contributed by atoms with E-state index in [9.17, 15) is 13.2 Å². The van der Waals surface area contributed by atoms with E-state index in [-0.39, 0.29) is 16.8 Å². The largest absolute Gasteiger partial charge is 0.346 e. The highest BCUT2D eigenvalue weighted by Crippen LogP contribution is 2.22. The van der Waals surface area contributed by atoms with Gasteiger partial charge in [-0.25, -0.2) is 8.42 Å². The molecule has 0 aromatic heterocycles. The summed E-state index contributed by atoms with van der Waals surface area (Å²) in [6, 6.07) is 10.7. The van der Waals surface area contributed by atoms with Crippen LogP contribution >= 0.6 is 0 Å². The average Bonchev–Trinajstić information content (AvgIpc) is 2.70. The third-order valence-corrected chi connectivity index (χ3v) is 7.83. The van der Waals surface area contributed by atoms with Gasteiger partial charge in [0.2, 0.25) is 10.0 Å². The predicted molar refractivity (Wildman–Crippen MR) is 119 cm³/mol. The Balaban J connectivity index is 1.82. The molecule has 1 aliphatic rings. The predicted octanol–water partition coefficient (Wildman–Crippen LogP) is 3.04. The molecule has 6 nitrogen and oxygen atoms in total. The zero-order valence-corrected chi connectivity index (χ0v) is 19.2. The standard InChI is InChI=1S/C23H31N3O3S/c1-16-6-8-20(14-18(16)3)19(4)24-23(27)22-15-21(9-7-17(22)2)30(28,29)26-12-10-25(5)11-13-26/h6-9,14-15,19H,10-13H2,1-5H3,(H,24,27)/t19-/m1/s1. The third kappa shape index (κ3) is 4.74. The lowest BCUT2D eigenvalue weighted by Crippen LogP contribution is -2.47. The summed E-state index contributed by atoms with van der Waals surface area (Å²) in [4.78, 5) is 15.2. The fraction of sp³-hybridized carbons (Fsp3) is 0.435. The Morgan fingerprint density at radius 2 is 1.57 bits per heavy atom. The molecular formula is C23H31N3O3S. The van der Waals surface area contributed by atoms with Crippen LogP contribution in [0.2, 0.25) is 0 Å². The van der Waals surface area contributed by atoms with Crippen molar-refractivity contribution in [2.75, 3.05) is 33.2 Å². The van der Waals surface area contributed by atoms with Crippen LogP contribution in [0.5, 0.6) is 0 Å². The first-order valence-electron chi connectivity index (χ1n) is 10.3. The third-order valence-electron chi connectivity index (χ3n) is 5.93. The van der Waals surface area contributed by atoms with E-state index >= 15 is 0 Å². The highest BCUT2D eigenvalue weighted by atomic mass is 32.2. The van der Waals surface area contributed by atoms with Gasteiger partial charge < -0.3 is 10.2 Å². The number of carbonyl (C=O) groups excluding carboxylic acids is 1. The summed E-state index contributed by atoms with van der Waals surface area (Å²) in [6.07, 6.45) is 0. The number of carbonyl (C=O) groups is 1. The minimum absolute atomic E-state index is 0.168. The molecule has 7 heteroatoms. The van der Waals surface area contributed by atoms with Crippen LogP contribution in [0.25, 0.3) is 0 Å². The number of nitrogens with zero attached hydrogens (tertiary/aromatic N) is 2. The van der Waals surface area contributed by atoms with Crippen LogP contribution in [0.1, 0.15) is 45.6 Å². The molecule has 1 fully saturated rings. The Labute approximate surface area is 179 Å². The molecule has 0 radical (unpaired) electrons. The highest BCUT2D eigenvalue weighted by molar-refractivity contribution is 7.89. The molecule has 0 spiro atoms. The van der Waals surface area contributed by atoms with Crippen LogP contribution in [-0.4, -0.2) is 56.8 Å². The second-order valence-electron chi connectivity index (χ2n) is 8.22. The number of rotatable bonds is 5. The molecule has 2 aromatic rings. The van der Waals surface area contributed by atoms with E-state index in [2.05, 4.69) is 23.2 Å². The smallest absolute Gasteiger partial charge is 0.252 e. The van der Waals surface area contributed by atoms with Gasteiger partial charge in [0.15, 0.2) is 0 Å². The van der Waals surface area contributed by atoms with E-state index in [1.807, 2.05) is 40.0 Å². The fourth-order valence-corrected chi connectivity index (χ4v) is 5.02. The van der Waals surface area contributed by atoms with Crippen molar-refractivity contribution in [2.45, 2.75) is 38.6 Å². The van der Waals surface area contributed by atoms with Crippen LogP contribution in [0.15, 0.2) is 41.3 Å². The van der Waals surface area contributed by atoms with Gasteiger partial charge in [0, 0.05) is 31.7 Å². The van der Waals surface area contributed by atoms with Gasteiger partial charge in [0.05, 0.1) is 10.9 Å². The molecule has 0 aliphatic carbocycles. The van der Waals surface area contributed by atoms with Crippen molar-refractivity contribution in [3.8, 4) is 0 Å². The molecule has 1 N–H and O–H groups in total. The first kappa shape index (κ1) is 22.5. The minimum Gasteiger partial charge on any atom is -0.346 e. The van der Waals surface area contributed by atoms with E-state index in [0.29, 0.717) is 31.7 Å². The topological polar surface area (TPSA) is 69.7 Å². The van der Waals surface area contributed by atoms with Gasteiger partial charge in [-0.1, -0.05) is 24.3 Å². The highest BCUT2D eigenvalue weighted by Gasteiger charge is 2.28. The average molecular weight is 430 g/mol. The number of hydrogen-bond donors (Lipinski definition) is 1. The normalized spacial score (nSPS) is 17.0. The number of sulfonamides is 1. The Kier molecular flexibility index (Phi) is 6.65. The summed E-state index contributed by atoms with van der Waals surface area (Å²) < 4.78 is 27.6. The summed E-state index contributed by atoms with van der Waals surface area (Å²) in [7, 11) is -1.64. The summed E-state index contributed by atoms with van der Waals surface area (Å²) in [6.45, 7) is 10.2. The molecule has 1 heterocycles. The molecule has 0 unspecified atom stereocenters. The van der Waals surface area contributed by atoms with Gasteiger partial charge in [-0.3, -0.25) is 4.79 Å². The number of amides is 1. The Bertz CT molecular complexity index is 1040. The molecule has 2 aromatic carbocycles. The van der Waals surface area contributed by atoms with E-state index in [4.69, 9.17) is 0 Å². The molecule has 1 saturated heterocycles. The van der Waals surface area contributed by atoms with Crippen molar-refractivity contribution in [3.63, 3.8) is 0 Å². The molecule has 162 valence electrons. The van der Waals surface area contributed by atoms with Gasteiger partial charge in [-0.15, -0.1) is 0 Å². The van der Waals surface area contributed by atoms with Crippen LogP contribution in [0, 0.1) is 20.8 Å². The molecule has 0 saturated carbocycles. The number of piperazine rings is 1. The van der Waals surface area contributed by atoms with Gasteiger partial charge in [-0.2, -0.15) is 4.31 Å². The first-order chi connectivity index (χ1) is 14.1. The van der Waals surface area contributed by atoms with E-state index in [1.165, 1.54) is 21.5 Å². The van der Waals surface area contributed by atoms with Crippen molar-refractivity contribution in [1.82, 2.24) is 14.5 Å². The zero-order chi connectivity index (χ0) is 22.1. The van der Waals surface area contributed by atoms with Crippen LogP contribution in [-0.2, 0) is 10.0 Å². The van der Waals surface area contributed by atoms with Gasteiger partial charge in [0.1, 0.15) is 0 Å². The van der Waals surface area contributed by atoms with Crippen molar-refractivity contribution in [2.24, 2.45) is 0 Å². The monoisotopic (exact) mass is 429 g/mol. The van der Waals surface area contributed by atoms with E-state index in [0.717, 1.165) is 11.1 Å². The molecule has 1 amide bonds. The first-order valence-corrected chi connectivity index (χ1v) is 11.7. The van der Waals surface area contributed by atoms with Crippen molar-refractivity contribution < 1.29 is 13.2 Å². The SMILES string of the molecule is Cc1ccc([C@@H](C)NC(=O)c2cc(S(=O)(=O)N3CCN(C)CC3)ccc2C)cc1C. The maximum absolute atomic E-state index is 13.1. The molecule has 3 rings (SSSR count). The molecule has 30 heavy (non-hydrogen) atoms. The number of aryl methyl sites for hydroxylation is 3. The van der Waals surface area contributed by atoms with Gasteiger partial charge >= 0.3 is 0 Å². The summed E-state index contributed by atoms with van der Waals surface area (Å²) in [5.74, 6) is -0.270. The van der Waals surface area contributed by atoms with Crippen molar-refractivity contribution in [1.29, 1.82) is 0 Å². The number of nitrogens with one attached hydrogen (secondary N) is 1. The summed E-state index contributed by atoms with van der Waals surface area (Å²) >= 11 is 0. The fourth-order valence-electron chi connectivity index (χ4n) is 3.58. The molecule has 0 bridgehead atoms. The molecule has 1 aliphatic heterocycles. The quantitative estimate of drug-likeness (QED) is 0.793. The maximum Gasteiger partial charge on any atom is 0.252 e. The van der Waals surface area contributed by atoms with Gasteiger partial charge in [-0.05, 0) is 69.1 Å². The lowest BCUT2D eigenvalue weighted by molar-refractivity contribution is 0.0939.